The van der Waals surface area contributed by atoms with Gasteiger partial charge in [0.25, 0.3) is 5.91 Å². The molecular weight excluding hydrogens is 324 g/mol. The number of carbonyl (C=O) groups excluding carboxylic acids is 1. The summed E-state index contributed by atoms with van der Waals surface area (Å²) in [5, 5.41) is 5.25. The number of aryl methyl sites for hydroxylation is 1. The van der Waals surface area contributed by atoms with Gasteiger partial charge in [-0.1, -0.05) is 0 Å². The predicted molar refractivity (Wildman–Crippen MR) is 92.4 cm³/mol. The molecule has 1 amide bonds. The minimum atomic E-state index is 0.000912. The van der Waals surface area contributed by atoms with Gasteiger partial charge in [-0.25, -0.2) is 4.98 Å². The number of hydrogen-bond acceptors (Lipinski definition) is 6. The van der Waals surface area contributed by atoms with Crippen molar-refractivity contribution in [1.82, 2.24) is 24.0 Å². The van der Waals surface area contributed by atoms with E-state index in [4.69, 9.17) is 4.98 Å². The van der Waals surface area contributed by atoms with Crippen LogP contribution >= 0.6 is 11.5 Å². The number of hydrogen-bond donors (Lipinski definition) is 0. The lowest BCUT2D eigenvalue weighted by molar-refractivity contribution is 0.0702. The molecule has 8 heteroatoms. The van der Waals surface area contributed by atoms with Crippen LogP contribution in [0.2, 0.25) is 0 Å². The van der Waals surface area contributed by atoms with Crippen LogP contribution in [0.15, 0.2) is 12.3 Å². The maximum absolute atomic E-state index is 12.5. The SMILES string of the molecule is CN(C(=O)c1ccn(C)n1)C1CCN(c2nc(C3CC3)ns2)CC1. The highest BCUT2D eigenvalue weighted by atomic mass is 32.1. The van der Waals surface area contributed by atoms with Gasteiger partial charge in [0.1, 0.15) is 11.5 Å². The number of aromatic nitrogens is 4. The Morgan fingerprint density at radius 3 is 2.67 bits per heavy atom. The van der Waals surface area contributed by atoms with E-state index in [1.807, 2.05) is 19.0 Å². The average Bonchev–Trinajstić information content (AvgIpc) is 3.17. The number of rotatable bonds is 4. The number of carbonyl (C=O) groups is 1. The summed E-state index contributed by atoms with van der Waals surface area (Å²) in [4.78, 5) is 21.3. The summed E-state index contributed by atoms with van der Waals surface area (Å²) >= 11 is 1.51. The standard InChI is InChI=1S/C16H22N6OS/c1-20-8-7-13(18-20)15(23)21(2)12-5-9-22(10-6-12)16-17-14(19-24-16)11-3-4-11/h7-8,11-12H,3-6,9-10H2,1-2H3. The van der Waals surface area contributed by atoms with Crippen molar-refractivity contribution in [2.75, 3.05) is 25.0 Å². The second kappa shape index (κ2) is 6.16. The molecule has 1 saturated heterocycles. The maximum Gasteiger partial charge on any atom is 0.274 e. The fraction of sp³-hybridized carbons (Fsp3) is 0.625. The normalized spacial score (nSPS) is 18.8. The number of amides is 1. The van der Waals surface area contributed by atoms with Crippen LogP contribution in [0.1, 0.15) is 47.9 Å². The second-order valence-electron chi connectivity index (χ2n) is 6.72. The molecule has 0 atom stereocenters. The molecule has 4 rings (SSSR count). The first kappa shape index (κ1) is 15.6. The largest absolute Gasteiger partial charge is 0.347 e. The van der Waals surface area contributed by atoms with Crippen molar-refractivity contribution < 1.29 is 4.79 Å². The molecule has 3 heterocycles. The van der Waals surface area contributed by atoms with E-state index in [1.54, 1.807) is 16.9 Å². The quantitative estimate of drug-likeness (QED) is 0.846. The molecule has 0 aromatic carbocycles. The first-order chi connectivity index (χ1) is 11.6. The molecule has 2 fully saturated rings. The molecule has 1 saturated carbocycles. The van der Waals surface area contributed by atoms with Gasteiger partial charge in [-0.15, -0.1) is 0 Å². The predicted octanol–water partition coefficient (Wildman–Crippen LogP) is 1.89. The molecule has 2 aromatic heterocycles. The van der Waals surface area contributed by atoms with Crippen LogP contribution in [0.4, 0.5) is 5.13 Å². The van der Waals surface area contributed by atoms with Crippen molar-refractivity contribution in [3.63, 3.8) is 0 Å². The molecule has 128 valence electrons. The third-order valence-corrected chi connectivity index (χ3v) is 5.70. The van der Waals surface area contributed by atoms with Crippen molar-refractivity contribution in [2.45, 2.75) is 37.6 Å². The van der Waals surface area contributed by atoms with Gasteiger partial charge in [0.15, 0.2) is 0 Å². The summed E-state index contributed by atoms with van der Waals surface area (Å²) in [7, 11) is 3.71. The highest BCUT2D eigenvalue weighted by Crippen LogP contribution is 2.40. The lowest BCUT2D eigenvalue weighted by Crippen LogP contribution is -2.45. The van der Waals surface area contributed by atoms with Crippen LogP contribution in [-0.4, -0.2) is 56.1 Å². The van der Waals surface area contributed by atoms with Crippen molar-refractivity contribution in [1.29, 1.82) is 0 Å². The summed E-state index contributed by atoms with van der Waals surface area (Å²) in [6.45, 7) is 1.84. The first-order valence-electron chi connectivity index (χ1n) is 8.47. The van der Waals surface area contributed by atoms with Gasteiger partial charge in [0.05, 0.1) is 0 Å². The van der Waals surface area contributed by atoms with Crippen molar-refractivity contribution in [3.05, 3.63) is 23.8 Å². The minimum absolute atomic E-state index is 0.000912. The highest BCUT2D eigenvalue weighted by molar-refractivity contribution is 7.09. The second-order valence-corrected chi connectivity index (χ2v) is 7.45. The van der Waals surface area contributed by atoms with Gasteiger partial charge >= 0.3 is 0 Å². The van der Waals surface area contributed by atoms with Crippen molar-refractivity contribution >= 4 is 22.6 Å². The molecule has 2 aliphatic rings. The van der Waals surface area contributed by atoms with Crippen molar-refractivity contribution in [3.8, 4) is 0 Å². The van der Waals surface area contributed by atoms with Gasteiger partial charge in [-0.2, -0.15) is 9.47 Å². The van der Waals surface area contributed by atoms with E-state index in [0.29, 0.717) is 11.6 Å². The molecule has 1 aliphatic carbocycles. The number of nitrogens with zero attached hydrogens (tertiary/aromatic N) is 6. The Morgan fingerprint density at radius 1 is 1.29 bits per heavy atom. The molecule has 24 heavy (non-hydrogen) atoms. The van der Waals surface area contributed by atoms with Gasteiger partial charge in [-0.3, -0.25) is 9.48 Å². The zero-order valence-corrected chi connectivity index (χ0v) is 14.9. The zero-order valence-electron chi connectivity index (χ0n) is 14.1. The van der Waals surface area contributed by atoms with E-state index in [2.05, 4.69) is 14.4 Å². The monoisotopic (exact) mass is 346 g/mol. The van der Waals surface area contributed by atoms with E-state index in [-0.39, 0.29) is 11.9 Å². The summed E-state index contributed by atoms with van der Waals surface area (Å²) in [6.07, 6.45) is 6.18. The van der Waals surface area contributed by atoms with E-state index >= 15 is 0 Å². The van der Waals surface area contributed by atoms with Crippen LogP contribution in [0.3, 0.4) is 0 Å². The van der Waals surface area contributed by atoms with Crippen LogP contribution in [0, 0.1) is 0 Å². The minimum Gasteiger partial charge on any atom is -0.347 e. The van der Waals surface area contributed by atoms with E-state index in [9.17, 15) is 4.79 Å². The van der Waals surface area contributed by atoms with Gasteiger partial charge in [0, 0.05) is 56.9 Å². The van der Waals surface area contributed by atoms with Crippen LogP contribution in [-0.2, 0) is 7.05 Å². The third-order valence-electron chi connectivity index (χ3n) is 4.91. The molecule has 0 radical (unpaired) electrons. The van der Waals surface area contributed by atoms with E-state index in [0.717, 1.165) is 36.9 Å². The molecule has 2 aromatic rings. The Bertz CT molecular complexity index is 729. The van der Waals surface area contributed by atoms with Gasteiger partial charge < -0.3 is 9.80 Å². The Morgan fingerprint density at radius 2 is 2.04 bits per heavy atom. The zero-order chi connectivity index (χ0) is 16.7. The van der Waals surface area contributed by atoms with E-state index in [1.165, 1.54) is 24.4 Å². The van der Waals surface area contributed by atoms with Gasteiger partial charge in [-0.05, 0) is 31.7 Å². The fourth-order valence-electron chi connectivity index (χ4n) is 3.18. The lowest BCUT2D eigenvalue weighted by Gasteiger charge is -2.36. The summed E-state index contributed by atoms with van der Waals surface area (Å²) < 4.78 is 6.15. The van der Waals surface area contributed by atoms with Crippen LogP contribution in [0.5, 0.6) is 0 Å². The smallest absolute Gasteiger partial charge is 0.274 e. The van der Waals surface area contributed by atoms with Crippen LogP contribution in [0.25, 0.3) is 0 Å². The Kier molecular flexibility index (Phi) is 3.99. The maximum atomic E-state index is 12.5. The Labute approximate surface area is 145 Å². The topological polar surface area (TPSA) is 67.2 Å². The fourth-order valence-corrected chi connectivity index (χ4v) is 3.98. The third kappa shape index (κ3) is 3.02. The van der Waals surface area contributed by atoms with Gasteiger partial charge in [0.2, 0.25) is 5.13 Å². The average molecular weight is 346 g/mol. The van der Waals surface area contributed by atoms with Crippen LogP contribution < -0.4 is 4.90 Å². The molecule has 0 N–H and O–H groups in total. The highest BCUT2D eigenvalue weighted by Gasteiger charge is 2.31. The molecule has 0 bridgehead atoms. The number of piperidine rings is 1. The van der Waals surface area contributed by atoms with Crippen molar-refractivity contribution in [2.24, 2.45) is 7.05 Å². The Balaban J connectivity index is 1.35. The molecule has 0 spiro atoms. The Hall–Kier alpha value is -1.96. The molecule has 0 unspecified atom stereocenters. The molecular formula is C16H22N6OS. The summed E-state index contributed by atoms with van der Waals surface area (Å²) in [6, 6.07) is 2.03. The number of anilines is 1. The summed E-state index contributed by atoms with van der Waals surface area (Å²) in [5.41, 5.74) is 0.514. The summed E-state index contributed by atoms with van der Waals surface area (Å²) in [5.74, 6) is 1.63. The molecule has 1 aliphatic heterocycles. The van der Waals surface area contributed by atoms with E-state index < -0.39 is 0 Å². The lowest BCUT2D eigenvalue weighted by atomic mass is 10.0. The molecule has 7 nitrogen and oxygen atoms in total. The first-order valence-corrected chi connectivity index (χ1v) is 9.24.